The van der Waals surface area contributed by atoms with Crippen molar-refractivity contribution in [3.8, 4) is 0 Å². The largest absolute Gasteiger partial charge is 0.392 e. The highest BCUT2D eigenvalue weighted by atomic mass is 19.1. The van der Waals surface area contributed by atoms with Gasteiger partial charge >= 0.3 is 0 Å². The van der Waals surface area contributed by atoms with E-state index in [-0.39, 0.29) is 24.9 Å². The molecule has 23 heavy (non-hydrogen) atoms. The van der Waals surface area contributed by atoms with Gasteiger partial charge in [0.2, 0.25) is 5.91 Å². The number of hydrogen-bond donors (Lipinski definition) is 3. The van der Waals surface area contributed by atoms with Crippen LogP contribution in [0.3, 0.4) is 0 Å². The lowest BCUT2D eigenvalue weighted by molar-refractivity contribution is -0.131. The molecule has 0 aromatic heterocycles. The van der Waals surface area contributed by atoms with Gasteiger partial charge < -0.3 is 20.6 Å². The molecule has 0 radical (unpaired) electrons. The van der Waals surface area contributed by atoms with Gasteiger partial charge in [0.25, 0.3) is 5.91 Å². The summed E-state index contributed by atoms with van der Waals surface area (Å²) in [6.07, 6.45) is -0.0457. The van der Waals surface area contributed by atoms with Gasteiger partial charge in [-0.05, 0) is 37.7 Å². The van der Waals surface area contributed by atoms with E-state index in [1.54, 1.807) is 0 Å². The second-order valence-corrected chi connectivity index (χ2v) is 5.78. The first-order valence-electron chi connectivity index (χ1n) is 7.65. The Labute approximate surface area is 134 Å². The molecule has 1 aliphatic heterocycles. The van der Waals surface area contributed by atoms with Crippen molar-refractivity contribution in [1.29, 1.82) is 0 Å². The number of aliphatic hydroxyl groups excluding tert-OH is 1. The molecule has 0 saturated carbocycles. The molecule has 0 bridgehead atoms. The molecule has 1 aromatic rings. The SMILES string of the molecule is CN1CC[C@H](O)[C@H](C(=O)NCCNC(=O)c2ccc(F)cc2)C1. The van der Waals surface area contributed by atoms with Crippen LogP contribution in [0, 0.1) is 11.7 Å². The number of carbonyl (C=O) groups excluding carboxylic acids is 2. The molecule has 0 spiro atoms. The van der Waals surface area contributed by atoms with Crippen LogP contribution in [-0.4, -0.2) is 61.2 Å². The molecule has 1 saturated heterocycles. The zero-order valence-electron chi connectivity index (χ0n) is 13.1. The van der Waals surface area contributed by atoms with E-state index in [0.29, 0.717) is 18.5 Å². The third kappa shape index (κ3) is 5.01. The van der Waals surface area contributed by atoms with E-state index >= 15 is 0 Å². The lowest BCUT2D eigenvalue weighted by atomic mass is 9.94. The van der Waals surface area contributed by atoms with E-state index < -0.39 is 17.8 Å². The van der Waals surface area contributed by atoms with Crippen molar-refractivity contribution in [1.82, 2.24) is 15.5 Å². The highest BCUT2D eigenvalue weighted by molar-refractivity contribution is 5.94. The maximum absolute atomic E-state index is 12.8. The number of carbonyl (C=O) groups is 2. The van der Waals surface area contributed by atoms with E-state index in [0.717, 1.165) is 6.54 Å². The fraction of sp³-hybridized carbons (Fsp3) is 0.500. The van der Waals surface area contributed by atoms with Crippen molar-refractivity contribution < 1.29 is 19.1 Å². The van der Waals surface area contributed by atoms with Crippen molar-refractivity contribution in [3.05, 3.63) is 35.6 Å². The number of likely N-dealkylation sites (tertiary alicyclic amines) is 1. The van der Waals surface area contributed by atoms with Crippen LogP contribution >= 0.6 is 0 Å². The van der Waals surface area contributed by atoms with Gasteiger partial charge in [-0.3, -0.25) is 9.59 Å². The molecule has 2 amide bonds. The maximum atomic E-state index is 12.8. The molecular weight excluding hydrogens is 301 g/mol. The summed E-state index contributed by atoms with van der Waals surface area (Å²) in [5, 5.41) is 15.3. The molecule has 0 aliphatic carbocycles. The zero-order chi connectivity index (χ0) is 16.8. The molecule has 6 nitrogen and oxygen atoms in total. The molecule has 3 N–H and O–H groups in total. The van der Waals surface area contributed by atoms with Crippen LogP contribution in [0.1, 0.15) is 16.8 Å². The van der Waals surface area contributed by atoms with Gasteiger partial charge in [0.05, 0.1) is 12.0 Å². The van der Waals surface area contributed by atoms with Crippen LogP contribution in [0.15, 0.2) is 24.3 Å². The normalized spacial score (nSPS) is 21.7. The Hall–Kier alpha value is -1.99. The third-order valence-corrected chi connectivity index (χ3v) is 3.93. The highest BCUT2D eigenvalue weighted by Crippen LogP contribution is 2.15. The van der Waals surface area contributed by atoms with Gasteiger partial charge in [-0.15, -0.1) is 0 Å². The van der Waals surface area contributed by atoms with Crippen LogP contribution in [0.4, 0.5) is 4.39 Å². The zero-order valence-corrected chi connectivity index (χ0v) is 13.1. The minimum absolute atomic E-state index is 0.208. The molecule has 1 heterocycles. The van der Waals surface area contributed by atoms with Gasteiger partial charge in [0.15, 0.2) is 0 Å². The molecule has 0 unspecified atom stereocenters. The Balaban J connectivity index is 1.71. The monoisotopic (exact) mass is 323 g/mol. The van der Waals surface area contributed by atoms with E-state index in [4.69, 9.17) is 0 Å². The number of aliphatic hydroxyl groups is 1. The van der Waals surface area contributed by atoms with Crippen LogP contribution < -0.4 is 10.6 Å². The molecular formula is C16H22FN3O3. The van der Waals surface area contributed by atoms with Crippen molar-refractivity contribution in [3.63, 3.8) is 0 Å². The van der Waals surface area contributed by atoms with Gasteiger partial charge in [-0.25, -0.2) is 4.39 Å². The topological polar surface area (TPSA) is 81.7 Å². The number of piperidine rings is 1. The van der Waals surface area contributed by atoms with Crippen molar-refractivity contribution >= 4 is 11.8 Å². The molecule has 1 fully saturated rings. The summed E-state index contributed by atoms with van der Waals surface area (Å²) in [7, 11) is 1.91. The predicted molar refractivity (Wildman–Crippen MR) is 83.4 cm³/mol. The van der Waals surface area contributed by atoms with Crippen molar-refractivity contribution in [2.45, 2.75) is 12.5 Å². The summed E-state index contributed by atoms with van der Waals surface area (Å²) >= 11 is 0. The first-order valence-corrected chi connectivity index (χ1v) is 7.65. The smallest absolute Gasteiger partial charge is 0.251 e. The van der Waals surface area contributed by atoms with Gasteiger partial charge in [0.1, 0.15) is 5.82 Å². The Kier molecular flexibility index (Phi) is 6.06. The number of nitrogens with one attached hydrogen (secondary N) is 2. The summed E-state index contributed by atoms with van der Waals surface area (Å²) in [4.78, 5) is 25.9. The predicted octanol–water partition coefficient (Wildman–Crippen LogP) is -0.0157. The number of halogens is 1. The van der Waals surface area contributed by atoms with Crippen LogP contribution in [0.25, 0.3) is 0 Å². The van der Waals surface area contributed by atoms with Crippen LogP contribution in [-0.2, 0) is 4.79 Å². The van der Waals surface area contributed by atoms with Crippen LogP contribution in [0.2, 0.25) is 0 Å². The fourth-order valence-electron chi connectivity index (χ4n) is 2.56. The second-order valence-electron chi connectivity index (χ2n) is 5.78. The fourth-order valence-corrected chi connectivity index (χ4v) is 2.56. The molecule has 1 aromatic carbocycles. The summed E-state index contributed by atoms with van der Waals surface area (Å²) in [6.45, 7) is 1.84. The molecule has 1 aliphatic rings. The lowest BCUT2D eigenvalue weighted by Crippen LogP contribution is -2.49. The number of amides is 2. The van der Waals surface area contributed by atoms with Crippen molar-refractivity contribution in [2.75, 3.05) is 33.2 Å². The van der Waals surface area contributed by atoms with Gasteiger partial charge in [-0.2, -0.15) is 0 Å². The summed E-state index contributed by atoms with van der Waals surface area (Å²) in [5.74, 6) is -1.37. The van der Waals surface area contributed by atoms with Gasteiger partial charge in [-0.1, -0.05) is 0 Å². The molecule has 126 valence electrons. The average molecular weight is 323 g/mol. The maximum Gasteiger partial charge on any atom is 0.251 e. The van der Waals surface area contributed by atoms with E-state index in [2.05, 4.69) is 10.6 Å². The Morgan fingerprint density at radius 2 is 1.91 bits per heavy atom. The first kappa shape index (κ1) is 17.4. The van der Waals surface area contributed by atoms with E-state index in [1.165, 1.54) is 24.3 Å². The van der Waals surface area contributed by atoms with Gasteiger partial charge in [0, 0.05) is 31.7 Å². The van der Waals surface area contributed by atoms with Crippen LogP contribution in [0.5, 0.6) is 0 Å². The second kappa shape index (κ2) is 8.03. The molecule has 2 atom stereocenters. The standard InChI is InChI=1S/C16H22FN3O3/c1-20-9-6-14(21)13(10-20)16(23)19-8-7-18-15(22)11-2-4-12(17)5-3-11/h2-5,13-14,21H,6-10H2,1H3,(H,18,22)(H,19,23)/t13-,14+/m1/s1. The van der Waals surface area contributed by atoms with E-state index in [9.17, 15) is 19.1 Å². The average Bonchev–Trinajstić information content (AvgIpc) is 2.54. The Morgan fingerprint density at radius 3 is 2.61 bits per heavy atom. The lowest BCUT2D eigenvalue weighted by Gasteiger charge is -2.32. The Bertz CT molecular complexity index is 550. The minimum atomic E-state index is -0.625. The Morgan fingerprint density at radius 1 is 1.26 bits per heavy atom. The summed E-state index contributed by atoms with van der Waals surface area (Å²) in [6, 6.07) is 5.24. The number of hydrogen-bond acceptors (Lipinski definition) is 4. The number of nitrogens with zero attached hydrogens (tertiary/aromatic N) is 1. The van der Waals surface area contributed by atoms with Crippen molar-refractivity contribution in [2.24, 2.45) is 5.92 Å². The number of benzene rings is 1. The summed E-state index contributed by atoms with van der Waals surface area (Å²) < 4.78 is 12.8. The third-order valence-electron chi connectivity index (χ3n) is 3.93. The minimum Gasteiger partial charge on any atom is -0.392 e. The first-order chi connectivity index (χ1) is 11.0. The van der Waals surface area contributed by atoms with E-state index in [1.807, 2.05) is 11.9 Å². The summed E-state index contributed by atoms with van der Waals surface area (Å²) in [5.41, 5.74) is 0.363. The molecule has 7 heteroatoms. The highest BCUT2D eigenvalue weighted by Gasteiger charge is 2.31. The number of rotatable bonds is 5. The molecule has 2 rings (SSSR count). The quantitative estimate of drug-likeness (QED) is 0.666.